The summed E-state index contributed by atoms with van der Waals surface area (Å²) in [5, 5.41) is 3.47. The normalized spacial score (nSPS) is 23.2. The average molecular weight is 273 g/mol. The first-order valence-electron chi connectivity index (χ1n) is 7.75. The number of aromatic nitrogens is 1. The van der Waals surface area contributed by atoms with Crippen molar-refractivity contribution in [2.75, 3.05) is 18.4 Å². The van der Waals surface area contributed by atoms with Crippen LogP contribution in [0.2, 0.25) is 0 Å². The Morgan fingerprint density at radius 3 is 2.85 bits per heavy atom. The number of anilines is 1. The number of pyridine rings is 1. The van der Waals surface area contributed by atoms with Gasteiger partial charge < -0.3 is 10.2 Å². The second-order valence-corrected chi connectivity index (χ2v) is 6.17. The zero-order valence-electron chi connectivity index (χ0n) is 12.1. The fourth-order valence-corrected chi connectivity index (χ4v) is 3.25. The predicted molar refractivity (Wildman–Crippen MR) is 79.8 cm³/mol. The van der Waals surface area contributed by atoms with E-state index in [0.29, 0.717) is 12.0 Å². The molecule has 1 amide bonds. The van der Waals surface area contributed by atoms with Crippen molar-refractivity contribution in [1.82, 2.24) is 9.88 Å². The van der Waals surface area contributed by atoms with E-state index in [9.17, 15) is 4.79 Å². The van der Waals surface area contributed by atoms with Crippen LogP contribution in [-0.4, -0.2) is 34.9 Å². The van der Waals surface area contributed by atoms with E-state index in [4.69, 9.17) is 0 Å². The smallest absolute Gasteiger partial charge is 0.257 e. The minimum absolute atomic E-state index is 0.128. The third-order valence-electron chi connectivity index (χ3n) is 4.45. The Morgan fingerprint density at radius 2 is 2.15 bits per heavy atom. The van der Waals surface area contributed by atoms with Gasteiger partial charge in [-0.15, -0.1) is 0 Å². The van der Waals surface area contributed by atoms with E-state index in [0.717, 1.165) is 30.9 Å². The van der Waals surface area contributed by atoms with Crippen molar-refractivity contribution in [1.29, 1.82) is 0 Å². The molecule has 0 aromatic carbocycles. The van der Waals surface area contributed by atoms with Crippen molar-refractivity contribution < 1.29 is 4.79 Å². The molecule has 1 atom stereocenters. The Bertz CT molecular complexity index is 482. The maximum atomic E-state index is 12.6. The van der Waals surface area contributed by atoms with Gasteiger partial charge in [0.25, 0.3) is 5.91 Å². The molecule has 2 fully saturated rings. The van der Waals surface area contributed by atoms with Crippen LogP contribution in [0.25, 0.3) is 0 Å². The fraction of sp³-hybridized carbons (Fsp3) is 0.625. The maximum absolute atomic E-state index is 12.6. The van der Waals surface area contributed by atoms with Crippen LogP contribution in [0.4, 0.5) is 5.82 Å². The van der Waals surface area contributed by atoms with Gasteiger partial charge in [0.05, 0.1) is 5.56 Å². The molecule has 1 aromatic rings. The summed E-state index contributed by atoms with van der Waals surface area (Å²) in [4.78, 5) is 19.0. The van der Waals surface area contributed by atoms with Crippen molar-refractivity contribution in [2.24, 2.45) is 5.92 Å². The number of carbonyl (C=O) groups is 1. The molecule has 1 unspecified atom stereocenters. The van der Waals surface area contributed by atoms with Gasteiger partial charge in [-0.3, -0.25) is 4.79 Å². The third-order valence-corrected chi connectivity index (χ3v) is 4.45. The molecule has 0 radical (unpaired) electrons. The zero-order valence-corrected chi connectivity index (χ0v) is 12.1. The maximum Gasteiger partial charge on any atom is 0.257 e. The van der Waals surface area contributed by atoms with Crippen LogP contribution in [0.15, 0.2) is 18.3 Å². The summed E-state index contributed by atoms with van der Waals surface area (Å²) in [6, 6.07) is 4.23. The van der Waals surface area contributed by atoms with Crippen molar-refractivity contribution in [3.63, 3.8) is 0 Å². The first kappa shape index (κ1) is 13.4. The Hall–Kier alpha value is -1.58. The van der Waals surface area contributed by atoms with E-state index in [1.807, 2.05) is 17.0 Å². The van der Waals surface area contributed by atoms with E-state index in [2.05, 4.69) is 17.2 Å². The number of rotatable bonds is 3. The summed E-state index contributed by atoms with van der Waals surface area (Å²) >= 11 is 0. The van der Waals surface area contributed by atoms with Crippen molar-refractivity contribution in [3.05, 3.63) is 23.9 Å². The van der Waals surface area contributed by atoms with Gasteiger partial charge in [0.1, 0.15) is 5.82 Å². The standard InChI is InChI=1S/C16H23N3O/c1-12-8-10-19(11-12)16(20)14-7-4-9-17-15(14)18-13-5-2-3-6-13/h4,7,9,12-13H,2-3,5-6,8,10-11H2,1H3,(H,17,18). The van der Waals surface area contributed by atoms with Gasteiger partial charge in [0.2, 0.25) is 0 Å². The molecule has 0 spiro atoms. The van der Waals surface area contributed by atoms with Gasteiger partial charge in [-0.1, -0.05) is 19.8 Å². The molecular formula is C16H23N3O. The topological polar surface area (TPSA) is 45.2 Å². The van der Waals surface area contributed by atoms with Gasteiger partial charge >= 0.3 is 0 Å². The summed E-state index contributed by atoms with van der Waals surface area (Å²) in [6.07, 6.45) is 7.79. The van der Waals surface area contributed by atoms with Crippen molar-refractivity contribution >= 4 is 11.7 Å². The predicted octanol–water partition coefficient (Wildman–Crippen LogP) is 2.92. The summed E-state index contributed by atoms with van der Waals surface area (Å²) in [7, 11) is 0. The van der Waals surface area contributed by atoms with Gasteiger partial charge in [0, 0.05) is 25.3 Å². The molecule has 4 nitrogen and oxygen atoms in total. The molecule has 108 valence electrons. The Labute approximate surface area is 120 Å². The molecule has 20 heavy (non-hydrogen) atoms. The largest absolute Gasteiger partial charge is 0.367 e. The average Bonchev–Trinajstić information content (AvgIpc) is 3.10. The highest BCUT2D eigenvalue weighted by molar-refractivity contribution is 5.98. The lowest BCUT2D eigenvalue weighted by Crippen LogP contribution is -2.30. The number of carbonyl (C=O) groups excluding carboxylic acids is 1. The van der Waals surface area contributed by atoms with E-state index in [-0.39, 0.29) is 5.91 Å². The van der Waals surface area contributed by atoms with E-state index in [1.54, 1.807) is 6.20 Å². The van der Waals surface area contributed by atoms with Crippen LogP contribution in [0.5, 0.6) is 0 Å². The molecule has 1 saturated carbocycles. The molecule has 1 N–H and O–H groups in total. The lowest BCUT2D eigenvalue weighted by atomic mass is 10.2. The molecular weight excluding hydrogens is 250 g/mol. The van der Waals surface area contributed by atoms with E-state index >= 15 is 0 Å². The monoisotopic (exact) mass is 273 g/mol. The van der Waals surface area contributed by atoms with Crippen molar-refractivity contribution in [2.45, 2.75) is 45.1 Å². The number of hydrogen-bond donors (Lipinski definition) is 1. The molecule has 1 aliphatic carbocycles. The highest BCUT2D eigenvalue weighted by Gasteiger charge is 2.27. The summed E-state index contributed by atoms with van der Waals surface area (Å²) in [6.45, 7) is 3.95. The quantitative estimate of drug-likeness (QED) is 0.921. The Balaban J connectivity index is 1.76. The Morgan fingerprint density at radius 1 is 1.35 bits per heavy atom. The molecule has 0 bridgehead atoms. The van der Waals surface area contributed by atoms with Gasteiger partial charge in [-0.2, -0.15) is 0 Å². The van der Waals surface area contributed by atoms with Gasteiger partial charge in [0.15, 0.2) is 0 Å². The van der Waals surface area contributed by atoms with Crippen LogP contribution >= 0.6 is 0 Å². The highest BCUT2D eigenvalue weighted by Crippen LogP contribution is 2.25. The van der Waals surface area contributed by atoms with E-state index in [1.165, 1.54) is 25.7 Å². The number of likely N-dealkylation sites (tertiary alicyclic amines) is 1. The number of amides is 1. The lowest BCUT2D eigenvalue weighted by Gasteiger charge is -2.20. The summed E-state index contributed by atoms with van der Waals surface area (Å²) < 4.78 is 0. The fourth-order valence-electron chi connectivity index (χ4n) is 3.25. The van der Waals surface area contributed by atoms with E-state index < -0.39 is 0 Å². The molecule has 1 aromatic heterocycles. The highest BCUT2D eigenvalue weighted by atomic mass is 16.2. The van der Waals surface area contributed by atoms with Crippen LogP contribution < -0.4 is 5.32 Å². The van der Waals surface area contributed by atoms with Gasteiger partial charge in [-0.25, -0.2) is 4.98 Å². The Kier molecular flexibility index (Phi) is 3.90. The molecule has 3 rings (SSSR count). The first-order chi connectivity index (χ1) is 9.74. The number of hydrogen-bond acceptors (Lipinski definition) is 3. The van der Waals surface area contributed by atoms with Crippen LogP contribution in [0.3, 0.4) is 0 Å². The van der Waals surface area contributed by atoms with Gasteiger partial charge in [-0.05, 0) is 37.3 Å². The summed E-state index contributed by atoms with van der Waals surface area (Å²) in [5.74, 6) is 1.51. The summed E-state index contributed by atoms with van der Waals surface area (Å²) in [5.41, 5.74) is 0.730. The minimum Gasteiger partial charge on any atom is -0.367 e. The molecule has 2 heterocycles. The molecule has 1 aliphatic heterocycles. The van der Waals surface area contributed by atoms with Crippen LogP contribution in [0, 0.1) is 5.92 Å². The molecule has 4 heteroatoms. The molecule has 2 aliphatic rings. The first-order valence-corrected chi connectivity index (χ1v) is 7.75. The lowest BCUT2D eigenvalue weighted by molar-refractivity contribution is 0.0788. The second kappa shape index (κ2) is 5.81. The molecule has 1 saturated heterocycles. The zero-order chi connectivity index (χ0) is 13.9. The number of nitrogens with one attached hydrogen (secondary N) is 1. The number of nitrogens with zero attached hydrogens (tertiary/aromatic N) is 2. The second-order valence-electron chi connectivity index (χ2n) is 6.17. The van der Waals surface area contributed by atoms with Crippen LogP contribution in [0.1, 0.15) is 49.4 Å². The van der Waals surface area contributed by atoms with Crippen LogP contribution in [-0.2, 0) is 0 Å². The van der Waals surface area contributed by atoms with Crippen molar-refractivity contribution in [3.8, 4) is 0 Å². The SMILES string of the molecule is CC1CCN(C(=O)c2cccnc2NC2CCCC2)C1. The third kappa shape index (κ3) is 2.79. The minimum atomic E-state index is 0.128.